The fourth-order valence-electron chi connectivity index (χ4n) is 4.40. The van der Waals surface area contributed by atoms with Gasteiger partial charge in [0.2, 0.25) is 0 Å². The Hall–Kier alpha value is -4.14. The van der Waals surface area contributed by atoms with Crippen molar-refractivity contribution >= 4 is 66.6 Å². The van der Waals surface area contributed by atoms with Crippen LogP contribution in [0.1, 0.15) is 17.2 Å². The van der Waals surface area contributed by atoms with E-state index >= 15 is 0 Å². The molecule has 3 N–H and O–H groups in total. The highest BCUT2D eigenvalue weighted by Gasteiger charge is 2.48. The minimum atomic E-state index is -0.944. The monoisotopic (exact) mass is 501 g/mol. The fraction of sp³-hybridized carbons (Fsp3) is 0.0385. The molecule has 1 atom stereocenters. The van der Waals surface area contributed by atoms with Gasteiger partial charge in [-0.05, 0) is 42.0 Å². The second-order valence-corrected chi connectivity index (χ2v) is 9.56. The van der Waals surface area contributed by atoms with Crippen molar-refractivity contribution < 1.29 is 19.8 Å². The van der Waals surface area contributed by atoms with Gasteiger partial charge in [-0.3, -0.25) is 14.5 Å². The lowest BCUT2D eigenvalue weighted by Crippen LogP contribution is -2.29. The summed E-state index contributed by atoms with van der Waals surface area (Å²) in [4.78, 5) is 35.7. The molecule has 0 aliphatic carbocycles. The number of aliphatic hydroxyl groups is 1. The van der Waals surface area contributed by atoms with Gasteiger partial charge in [-0.25, -0.2) is 4.98 Å². The van der Waals surface area contributed by atoms with Gasteiger partial charge in [0, 0.05) is 27.7 Å². The number of H-pyrrole nitrogens is 1. The normalized spacial score (nSPS) is 17.6. The number of nitrogens with one attached hydrogen (secondary N) is 1. The third-order valence-corrected chi connectivity index (χ3v) is 7.30. The standard InChI is InChI=1S/C26H16ClN3O4S/c27-14-7-10-19-20(11-14)35-26(29-19)30-22(13-5-8-15(31)9-6-13)21(24(33)25(30)34)23(32)17-12-28-18-4-2-1-3-16(17)18/h1-12,22,28,31-32H/b23-21+. The highest BCUT2D eigenvalue weighted by atomic mass is 35.5. The van der Waals surface area contributed by atoms with Crippen LogP contribution in [0.15, 0.2) is 78.5 Å². The average molecular weight is 502 g/mol. The van der Waals surface area contributed by atoms with E-state index in [0.717, 1.165) is 15.6 Å². The molecule has 3 aromatic carbocycles. The van der Waals surface area contributed by atoms with Crippen molar-refractivity contribution in [2.75, 3.05) is 4.90 Å². The van der Waals surface area contributed by atoms with Crippen molar-refractivity contribution in [3.8, 4) is 5.75 Å². The first-order valence-corrected chi connectivity index (χ1v) is 11.8. The molecule has 0 saturated carbocycles. The molecule has 6 rings (SSSR count). The van der Waals surface area contributed by atoms with Crippen LogP contribution in [0.5, 0.6) is 5.75 Å². The number of anilines is 1. The maximum Gasteiger partial charge on any atom is 0.301 e. The van der Waals surface area contributed by atoms with E-state index in [4.69, 9.17) is 11.6 Å². The van der Waals surface area contributed by atoms with Crippen molar-refractivity contribution in [2.45, 2.75) is 6.04 Å². The summed E-state index contributed by atoms with van der Waals surface area (Å²) in [6.07, 6.45) is 1.61. The van der Waals surface area contributed by atoms with Gasteiger partial charge in [0.1, 0.15) is 11.5 Å². The Morgan fingerprint density at radius 2 is 1.83 bits per heavy atom. The third kappa shape index (κ3) is 3.38. The molecule has 9 heteroatoms. The number of para-hydroxylation sites is 1. The third-order valence-electron chi connectivity index (χ3n) is 6.04. The summed E-state index contributed by atoms with van der Waals surface area (Å²) in [6, 6.07) is 17.8. The molecule has 1 aliphatic rings. The predicted molar refractivity (Wildman–Crippen MR) is 136 cm³/mol. The molecule has 1 amide bonds. The van der Waals surface area contributed by atoms with E-state index in [1.807, 2.05) is 24.3 Å². The number of thiazole rings is 1. The van der Waals surface area contributed by atoms with Gasteiger partial charge in [0.15, 0.2) is 5.13 Å². The maximum atomic E-state index is 13.4. The summed E-state index contributed by atoms with van der Waals surface area (Å²) < 4.78 is 0.760. The first-order chi connectivity index (χ1) is 16.9. The van der Waals surface area contributed by atoms with E-state index < -0.39 is 17.7 Å². The molecule has 35 heavy (non-hydrogen) atoms. The highest BCUT2D eigenvalue weighted by molar-refractivity contribution is 7.22. The van der Waals surface area contributed by atoms with Crippen LogP contribution in [0.3, 0.4) is 0 Å². The van der Waals surface area contributed by atoms with Crippen molar-refractivity contribution in [3.05, 3.63) is 94.6 Å². The van der Waals surface area contributed by atoms with Gasteiger partial charge in [0.05, 0.1) is 21.8 Å². The molecule has 0 bridgehead atoms. The first kappa shape index (κ1) is 21.4. The number of Topliss-reactive ketones (excluding diaryl/α,β-unsaturated/α-hetero) is 1. The first-order valence-electron chi connectivity index (χ1n) is 10.6. The van der Waals surface area contributed by atoms with Crippen LogP contribution in [-0.2, 0) is 9.59 Å². The Morgan fingerprint density at radius 3 is 2.63 bits per heavy atom. The number of ketones is 1. The molecule has 0 spiro atoms. The molecule has 3 heterocycles. The Balaban J connectivity index is 1.59. The number of rotatable bonds is 3. The SMILES string of the molecule is O=C1C(=O)N(c2nc3ccc(Cl)cc3s2)C(c2ccc(O)cc2)/C1=C(\O)c1c[nH]c2ccccc12. The second-order valence-electron chi connectivity index (χ2n) is 8.12. The fourth-order valence-corrected chi connectivity index (χ4v) is 5.67. The molecule has 0 radical (unpaired) electrons. The van der Waals surface area contributed by atoms with Gasteiger partial charge >= 0.3 is 5.91 Å². The summed E-state index contributed by atoms with van der Waals surface area (Å²) in [5.41, 5.74) is 2.33. The summed E-state index contributed by atoms with van der Waals surface area (Å²) >= 11 is 7.35. The van der Waals surface area contributed by atoms with Crippen LogP contribution < -0.4 is 4.90 Å². The number of phenolic OH excluding ortho intramolecular Hbond substituents is 1. The van der Waals surface area contributed by atoms with Crippen LogP contribution in [0.2, 0.25) is 5.02 Å². The Labute approximate surface area is 207 Å². The van der Waals surface area contributed by atoms with Crippen LogP contribution >= 0.6 is 22.9 Å². The number of hydrogen-bond acceptors (Lipinski definition) is 6. The van der Waals surface area contributed by atoms with Gasteiger partial charge in [0.25, 0.3) is 5.78 Å². The quantitative estimate of drug-likeness (QED) is 0.165. The van der Waals surface area contributed by atoms with Crippen LogP contribution in [0.4, 0.5) is 5.13 Å². The number of amides is 1. The van der Waals surface area contributed by atoms with Crippen LogP contribution in [-0.4, -0.2) is 31.9 Å². The van der Waals surface area contributed by atoms with E-state index in [-0.39, 0.29) is 17.1 Å². The van der Waals surface area contributed by atoms with Crippen molar-refractivity contribution in [1.82, 2.24) is 9.97 Å². The Kier molecular flexibility index (Phi) is 4.87. The number of hydrogen-bond donors (Lipinski definition) is 3. The number of carbonyl (C=O) groups excluding carboxylic acids is 2. The topological polar surface area (TPSA) is 107 Å². The summed E-state index contributed by atoms with van der Waals surface area (Å²) in [7, 11) is 0. The zero-order valence-corrected chi connectivity index (χ0v) is 19.5. The highest BCUT2D eigenvalue weighted by Crippen LogP contribution is 2.45. The van der Waals surface area contributed by atoms with E-state index in [9.17, 15) is 19.8 Å². The molecule has 1 aliphatic heterocycles. The van der Waals surface area contributed by atoms with Crippen LogP contribution in [0, 0.1) is 0 Å². The van der Waals surface area contributed by atoms with E-state index in [1.165, 1.54) is 28.4 Å². The predicted octanol–water partition coefficient (Wildman–Crippen LogP) is 5.76. The Bertz CT molecular complexity index is 1690. The minimum absolute atomic E-state index is 0.0389. The zero-order valence-electron chi connectivity index (χ0n) is 17.9. The second kappa shape index (κ2) is 7.97. The summed E-state index contributed by atoms with van der Waals surface area (Å²) in [5, 5.41) is 22.8. The zero-order chi connectivity index (χ0) is 24.3. The number of carbonyl (C=O) groups is 2. The molecule has 2 aromatic heterocycles. The Morgan fingerprint density at radius 1 is 1.06 bits per heavy atom. The largest absolute Gasteiger partial charge is 0.508 e. The summed E-state index contributed by atoms with van der Waals surface area (Å²) in [6.45, 7) is 0. The molecule has 7 nitrogen and oxygen atoms in total. The molecule has 172 valence electrons. The smallest absolute Gasteiger partial charge is 0.301 e. The van der Waals surface area contributed by atoms with Gasteiger partial charge < -0.3 is 15.2 Å². The number of aliphatic hydroxyl groups excluding tert-OH is 1. The number of fused-ring (bicyclic) bond motifs is 2. The molecular formula is C26H16ClN3O4S. The van der Waals surface area contributed by atoms with Gasteiger partial charge in [-0.15, -0.1) is 0 Å². The number of aromatic amines is 1. The number of nitrogens with zero attached hydrogens (tertiary/aromatic N) is 2. The molecule has 1 unspecified atom stereocenters. The lowest BCUT2D eigenvalue weighted by atomic mass is 9.95. The van der Waals surface area contributed by atoms with Gasteiger partial charge in [-0.2, -0.15) is 0 Å². The molecule has 5 aromatic rings. The van der Waals surface area contributed by atoms with Crippen molar-refractivity contribution in [3.63, 3.8) is 0 Å². The lowest BCUT2D eigenvalue weighted by molar-refractivity contribution is -0.132. The number of benzene rings is 3. The number of halogens is 1. The molecule has 1 fully saturated rings. The number of aromatic hydroxyl groups is 1. The number of phenols is 1. The van der Waals surface area contributed by atoms with E-state index in [0.29, 0.717) is 26.8 Å². The summed E-state index contributed by atoms with van der Waals surface area (Å²) in [5.74, 6) is -1.86. The minimum Gasteiger partial charge on any atom is -0.508 e. The maximum absolute atomic E-state index is 13.4. The van der Waals surface area contributed by atoms with Crippen LogP contribution in [0.25, 0.3) is 26.9 Å². The lowest BCUT2D eigenvalue weighted by Gasteiger charge is -2.22. The molecule has 1 saturated heterocycles. The van der Waals surface area contributed by atoms with E-state index in [2.05, 4.69) is 9.97 Å². The average Bonchev–Trinajstić information content (AvgIpc) is 3.53. The van der Waals surface area contributed by atoms with E-state index in [1.54, 1.807) is 36.5 Å². The molecular weight excluding hydrogens is 486 g/mol. The number of aromatic nitrogens is 2. The van der Waals surface area contributed by atoms with Crippen molar-refractivity contribution in [2.24, 2.45) is 0 Å². The van der Waals surface area contributed by atoms with Gasteiger partial charge in [-0.1, -0.05) is 53.3 Å². The van der Waals surface area contributed by atoms with Crippen molar-refractivity contribution in [1.29, 1.82) is 0 Å².